The van der Waals surface area contributed by atoms with Crippen molar-refractivity contribution in [3.05, 3.63) is 23.8 Å². The topological polar surface area (TPSA) is 81.8 Å². The molecule has 1 atom stereocenters. The van der Waals surface area contributed by atoms with Crippen molar-refractivity contribution >= 4 is 23.5 Å². The minimum Gasteiger partial charge on any atom is -0.303 e. The normalized spacial score (nSPS) is 18.8. The highest BCUT2D eigenvalue weighted by Gasteiger charge is 2.23. The number of rotatable bonds is 5. The van der Waals surface area contributed by atoms with Gasteiger partial charge in [0.25, 0.3) is 0 Å². The third-order valence-electron chi connectivity index (χ3n) is 2.44. The maximum absolute atomic E-state index is 11.6. The highest BCUT2D eigenvalue weighted by molar-refractivity contribution is 6.66. The van der Waals surface area contributed by atoms with E-state index in [-0.39, 0.29) is 23.8 Å². The molecule has 1 rings (SSSR count). The molecule has 0 amide bonds. The molecule has 0 bridgehead atoms. The molecule has 1 aliphatic rings. The van der Waals surface area contributed by atoms with Crippen LogP contribution >= 0.6 is 0 Å². The summed E-state index contributed by atoms with van der Waals surface area (Å²) in [5.74, 6) is -0.888. The van der Waals surface area contributed by atoms with Crippen molar-refractivity contribution in [2.24, 2.45) is 5.92 Å². The van der Waals surface area contributed by atoms with Gasteiger partial charge < -0.3 is 15.6 Å². The average Bonchev–Trinajstić information content (AvgIpc) is 2.27. The summed E-state index contributed by atoms with van der Waals surface area (Å²) in [6, 6.07) is 0. The smallest absolute Gasteiger partial charge is 0.220 e. The molecule has 0 radical (unpaired) electrons. The number of carbonyl (C=O) groups excluding carboxylic acids is 2. The van der Waals surface area contributed by atoms with Gasteiger partial charge in [-0.05, 0) is 13.3 Å². The molecule has 0 aromatic heterocycles. The van der Waals surface area contributed by atoms with Gasteiger partial charge in [0, 0.05) is 12.3 Å². The first-order chi connectivity index (χ1) is 7.56. The third kappa shape index (κ3) is 2.82. The highest BCUT2D eigenvalue weighted by Crippen LogP contribution is 2.19. The summed E-state index contributed by atoms with van der Waals surface area (Å²) in [5.41, 5.74) is 0.697. The lowest BCUT2D eigenvalue weighted by molar-refractivity contribution is -0.110. The number of hydrogen-bond donors (Lipinski definition) is 2. The summed E-state index contributed by atoms with van der Waals surface area (Å²) in [4.78, 5) is 21.8. The zero-order valence-corrected chi connectivity index (χ0v) is 9.12. The van der Waals surface area contributed by atoms with Crippen LogP contribution in [0, 0.1) is 16.7 Å². The van der Waals surface area contributed by atoms with Crippen LogP contribution in [0.3, 0.4) is 0 Å². The SMILES string of the molecule is CC1=CC=CC(C(=N)C(=O)C(=N)CC=O)C1. The van der Waals surface area contributed by atoms with Crippen LogP contribution in [0.15, 0.2) is 23.8 Å². The van der Waals surface area contributed by atoms with Gasteiger partial charge in [0.1, 0.15) is 6.29 Å². The van der Waals surface area contributed by atoms with Gasteiger partial charge in [0.05, 0.1) is 11.4 Å². The Kier molecular flexibility index (Phi) is 4.05. The van der Waals surface area contributed by atoms with Gasteiger partial charge in [0.2, 0.25) is 5.78 Å². The molecule has 4 nitrogen and oxygen atoms in total. The van der Waals surface area contributed by atoms with E-state index in [1.807, 2.05) is 19.1 Å². The molecule has 0 spiro atoms. The maximum atomic E-state index is 11.6. The summed E-state index contributed by atoms with van der Waals surface area (Å²) in [6.45, 7) is 1.94. The fourth-order valence-corrected chi connectivity index (χ4v) is 1.54. The highest BCUT2D eigenvalue weighted by atomic mass is 16.1. The maximum Gasteiger partial charge on any atom is 0.220 e. The van der Waals surface area contributed by atoms with Gasteiger partial charge in [-0.3, -0.25) is 4.79 Å². The van der Waals surface area contributed by atoms with Crippen LogP contribution < -0.4 is 0 Å². The van der Waals surface area contributed by atoms with Crippen molar-refractivity contribution in [2.45, 2.75) is 19.8 Å². The van der Waals surface area contributed by atoms with Gasteiger partial charge in [-0.25, -0.2) is 0 Å². The first-order valence-corrected chi connectivity index (χ1v) is 5.04. The second-order valence-corrected chi connectivity index (χ2v) is 3.80. The minimum atomic E-state index is -0.628. The van der Waals surface area contributed by atoms with Crippen molar-refractivity contribution in [1.82, 2.24) is 0 Å². The van der Waals surface area contributed by atoms with E-state index in [2.05, 4.69) is 0 Å². The Hall–Kier alpha value is -1.84. The second-order valence-electron chi connectivity index (χ2n) is 3.80. The zero-order chi connectivity index (χ0) is 12.1. The van der Waals surface area contributed by atoms with Crippen LogP contribution in [-0.4, -0.2) is 23.5 Å². The number of allylic oxidation sites excluding steroid dienone is 4. The van der Waals surface area contributed by atoms with E-state index in [0.29, 0.717) is 12.7 Å². The van der Waals surface area contributed by atoms with Crippen molar-refractivity contribution in [2.75, 3.05) is 0 Å². The third-order valence-corrected chi connectivity index (χ3v) is 2.44. The number of Topliss-reactive ketones (excluding diaryl/α,β-unsaturated/α-hetero) is 1. The van der Waals surface area contributed by atoms with Crippen molar-refractivity contribution < 1.29 is 9.59 Å². The molecule has 4 heteroatoms. The number of ketones is 1. The summed E-state index contributed by atoms with van der Waals surface area (Å²) in [7, 11) is 0. The Morgan fingerprint density at radius 1 is 1.56 bits per heavy atom. The van der Waals surface area contributed by atoms with E-state index in [0.717, 1.165) is 5.57 Å². The Balaban J connectivity index is 2.69. The van der Waals surface area contributed by atoms with E-state index in [9.17, 15) is 9.59 Å². The molecule has 0 aromatic rings. The summed E-state index contributed by atoms with van der Waals surface area (Å²) < 4.78 is 0. The van der Waals surface area contributed by atoms with Gasteiger partial charge >= 0.3 is 0 Å². The monoisotopic (exact) mass is 218 g/mol. The van der Waals surface area contributed by atoms with Crippen LogP contribution in [-0.2, 0) is 9.59 Å². The fraction of sp³-hybridized carbons (Fsp3) is 0.333. The van der Waals surface area contributed by atoms with E-state index in [1.165, 1.54) is 0 Å². The van der Waals surface area contributed by atoms with Gasteiger partial charge in [-0.1, -0.05) is 23.8 Å². The van der Waals surface area contributed by atoms with E-state index < -0.39 is 5.78 Å². The molecular formula is C12H14N2O2. The van der Waals surface area contributed by atoms with E-state index >= 15 is 0 Å². The summed E-state index contributed by atoms with van der Waals surface area (Å²) in [5, 5.41) is 15.0. The quantitative estimate of drug-likeness (QED) is 0.544. The lowest BCUT2D eigenvalue weighted by Gasteiger charge is -2.16. The fourth-order valence-electron chi connectivity index (χ4n) is 1.54. The van der Waals surface area contributed by atoms with Crippen molar-refractivity contribution in [3.63, 3.8) is 0 Å². The van der Waals surface area contributed by atoms with E-state index in [1.54, 1.807) is 6.08 Å². The number of carbonyl (C=O) groups is 2. The average molecular weight is 218 g/mol. The minimum absolute atomic E-state index is 0.101. The van der Waals surface area contributed by atoms with Crippen LogP contribution in [0.4, 0.5) is 0 Å². The van der Waals surface area contributed by atoms with Crippen LogP contribution in [0.25, 0.3) is 0 Å². The number of nitrogens with one attached hydrogen (secondary N) is 2. The Morgan fingerprint density at radius 2 is 2.25 bits per heavy atom. The van der Waals surface area contributed by atoms with Crippen LogP contribution in [0.5, 0.6) is 0 Å². The molecule has 2 N–H and O–H groups in total. The van der Waals surface area contributed by atoms with Crippen molar-refractivity contribution in [3.8, 4) is 0 Å². The second kappa shape index (κ2) is 5.30. The van der Waals surface area contributed by atoms with Crippen molar-refractivity contribution in [1.29, 1.82) is 10.8 Å². The van der Waals surface area contributed by atoms with Gasteiger partial charge in [-0.15, -0.1) is 0 Å². The lowest BCUT2D eigenvalue weighted by Crippen LogP contribution is -2.29. The summed E-state index contributed by atoms with van der Waals surface area (Å²) in [6.07, 6.45) is 6.46. The molecule has 0 aromatic carbocycles. The van der Waals surface area contributed by atoms with Gasteiger partial charge in [0.15, 0.2) is 0 Å². The molecule has 0 saturated heterocycles. The summed E-state index contributed by atoms with van der Waals surface area (Å²) >= 11 is 0. The Labute approximate surface area is 94.1 Å². The first-order valence-electron chi connectivity index (χ1n) is 5.04. The molecule has 0 aliphatic heterocycles. The van der Waals surface area contributed by atoms with Crippen LogP contribution in [0.2, 0.25) is 0 Å². The lowest BCUT2D eigenvalue weighted by atomic mass is 9.88. The standard InChI is InChI=1S/C12H14N2O2/c1-8-3-2-4-9(7-8)11(14)12(16)10(13)5-6-15/h2-4,6,9,13-14H,5,7H2,1H3. The Bertz CT molecular complexity index is 405. The van der Waals surface area contributed by atoms with Crippen LogP contribution in [0.1, 0.15) is 19.8 Å². The van der Waals surface area contributed by atoms with Gasteiger partial charge in [-0.2, -0.15) is 0 Å². The molecular weight excluding hydrogens is 204 g/mol. The first kappa shape index (κ1) is 12.2. The van der Waals surface area contributed by atoms with E-state index in [4.69, 9.17) is 10.8 Å². The molecule has 0 fully saturated rings. The molecule has 1 aliphatic carbocycles. The number of hydrogen-bond acceptors (Lipinski definition) is 4. The Morgan fingerprint density at radius 3 is 2.81 bits per heavy atom. The number of aldehydes is 1. The molecule has 16 heavy (non-hydrogen) atoms. The molecule has 1 unspecified atom stereocenters. The predicted molar refractivity (Wildman–Crippen MR) is 62.1 cm³/mol. The largest absolute Gasteiger partial charge is 0.303 e. The molecule has 0 saturated carbocycles. The zero-order valence-electron chi connectivity index (χ0n) is 9.12. The molecule has 84 valence electrons. The predicted octanol–water partition coefficient (Wildman–Crippen LogP) is 1.71. The molecule has 0 heterocycles.